The Hall–Kier alpha value is -1.30. The predicted octanol–water partition coefficient (Wildman–Crippen LogP) is 2.17. The van der Waals surface area contributed by atoms with E-state index in [0.29, 0.717) is 39.0 Å². The van der Waals surface area contributed by atoms with Crippen LogP contribution in [0.3, 0.4) is 0 Å². The summed E-state index contributed by atoms with van der Waals surface area (Å²) >= 11 is 0. The summed E-state index contributed by atoms with van der Waals surface area (Å²) in [5.74, 6) is -0.231. The van der Waals surface area contributed by atoms with Crippen LogP contribution in [0.1, 0.15) is 39.0 Å². The van der Waals surface area contributed by atoms with Crippen LogP contribution in [0.2, 0.25) is 0 Å². The Labute approximate surface area is 119 Å². The molecule has 0 amide bonds. The van der Waals surface area contributed by atoms with Crippen LogP contribution in [0.25, 0.3) is 10.4 Å². The van der Waals surface area contributed by atoms with Gasteiger partial charge in [0.2, 0.25) is 0 Å². The standard InChI is InChI=1S/C13H24N4O3/c1-3-5-11-10-13(6-9-20-11,12(18)19-2)15-7-4-8-16-17-14/h11,15H,3-10H2,1-2H3. The molecule has 2 unspecified atom stereocenters. The van der Waals surface area contributed by atoms with E-state index in [9.17, 15) is 4.79 Å². The van der Waals surface area contributed by atoms with Crippen molar-refractivity contribution in [2.24, 2.45) is 5.11 Å². The summed E-state index contributed by atoms with van der Waals surface area (Å²) in [5, 5.41) is 6.78. The number of carbonyl (C=O) groups is 1. The molecule has 7 nitrogen and oxygen atoms in total. The average molecular weight is 284 g/mol. The van der Waals surface area contributed by atoms with Gasteiger partial charge in [0.05, 0.1) is 13.2 Å². The lowest BCUT2D eigenvalue weighted by molar-refractivity contribution is -0.156. The third-order valence-corrected chi connectivity index (χ3v) is 3.61. The van der Waals surface area contributed by atoms with Gasteiger partial charge >= 0.3 is 5.97 Å². The van der Waals surface area contributed by atoms with Crippen molar-refractivity contribution in [3.8, 4) is 0 Å². The summed E-state index contributed by atoms with van der Waals surface area (Å²) < 4.78 is 10.7. The van der Waals surface area contributed by atoms with Crippen molar-refractivity contribution in [2.75, 3.05) is 26.8 Å². The molecule has 0 aromatic heterocycles. The highest BCUT2D eigenvalue weighted by Gasteiger charge is 2.43. The zero-order valence-electron chi connectivity index (χ0n) is 12.3. The van der Waals surface area contributed by atoms with Crippen LogP contribution in [-0.2, 0) is 14.3 Å². The fraction of sp³-hybridized carbons (Fsp3) is 0.923. The van der Waals surface area contributed by atoms with Gasteiger partial charge in [-0.25, -0.2) is 0 Å². The lowest BCUT2D eigenvalue weighted by atomic mass is 9.85. The van der Waals surface area contributed by atoms with Crippen LogP contribution < -0.4 is 5.32 Å². The summed E-state index contributed by atoms with van der Waals surface area (Å²) in [6, 6.07) is 0. The lowest BCUT2D eigenvalue weighted by Crippen LogP contribution is -2.58. The van der Waals surface area contributed by atoms with Crippen LogP contribution in [0.4, 0.5) is 0 Å². The van der Waals surface area contributed by atoms with E-state index in [1.807, 2.05) is 0 Å². The molecule has 1 N–H and O–H groups in total. The third kappa shape index (κ3) is 4.67. The van der Waals surface area contributed by atoms with Crippen molar-refractivity contribution in [2.45, 2.75) is 50.7 Å². The van der Waals surface area contributed by atoms with E-state index in [4.69, 9.17) is 15.0 Å². The van der Waals surface area contributed by atoms with Crippen molar-refractivity contribution < 1.29 is 14.3 Å². The number of ether oxygens (including phenoxy) is 2. The van der Waals surface area contributed by atoms with Gasteiger partial charge < -0.3 is 14.8 Å². The van der Waals surface area contributed by atoms with Crippen LogP contribution in [0, 0.1) is 0 Å². The maximum atomic E-state index is 12.1. The van der Waals surface area contributed by atoms with Gasteiger partial charge in [0.15, 0.2) is 0 Å². The molecule has 20 heavy (non-hydrogen) atoms. The highest BCUT2D eigenvalue weighted by atomic mass is 16.5. The van der Waals surface area contributed by atoms with E-state index >= 15 is 0 Å². The molecule has 0 bridgehead atoms. The summed E-state index contributed by atoms with van der Waals surface area (Å²) in [6.45, 7) is 3.71. The highest BCUT2D eigenvalue weighted by molar-refractivity contribution is 5.81. The molecular formula is C13H24N4O3. The van der Waals surface area contributed by atoms with Crippen molar-refractivity contribution in [1.82, 2.24) is 5.32 Å². The van der Waals surface area contributed by atoms with E-state index in [-0.39, 0.29) is 12.1 Å². The Morgan fingerprint density at radius 1 is 1.65 bits per heavy atom. The van der Waals surface area contributed by atoms with Crippen LogP contribution in [0.5, 0.6) is 0 Å². The van der Waals surface area contributed by atoms with Gasteiger partial charge in [-0.3, -0.25) is 4.79 Å². The Bertz CT molecular complexity index is 356. The number of rotatable bonds is 8. The number of nitrogens with zero attached hydrogens (tertiary/aromatic N) is 3. The minimum atomic E-state index is -0.663. The van der Waals surface area contributed by atoms with E-state index in [2.05, 4.69) is 22.3 Å². The van der Waals surface area contributed by atoms with Gasteiger partial charge in [-0.2, -0.15) is 0 Å². The molecule has 1 heterocycles. The Kier molecular flexibility index (Phi) is 7.36. The number of esters is 1. The predicted molar refractivity (Wildman–Crippen MR) is 75.3 cm³/mol. The molecule has 1 fully saturated rings. The van der Waals surface area contributed by atoms with Crippen molar-refractivity contribution in [1.29, 1.82) is 0 Å². The zero-order chi connectivity index (χ0) is 14.8. The van der Waals surface area contributed by atoms with Crippen LogP contribution in [-0.4, -0.2) is 44.4 Å². The first-order valence-corrected chi connectivity index (χ1v) is 7.14. The summed E-state index contributed by atoms with van der Waals surface area (Å²) in [6.07, 6.45) is 4.01. The minimum absolute atomic E-state index is 0.0949. The second kappa shape index (κ2) is 8.79. The summed E-state index contributed by atoms with van der Waals surface area (Å²) in [5.41, 5.74) is 7.57. The maximum absolute atomic E-state index is 12.1. The molecular weight excluding hydrogens is 260 g/mol. The number of nitrogens with one attached hydrogen (secondary N) is 1. The number of hydrogen-bond acceptors (Lipinski definition) is 5. The Morgan fingerprint density at radius 3 is 3.10 bits per heavy atom. The van der Waals surface area contributed by atoms with Crippen molar-refractivity contribution >= 4 is 5.97 Å². The first-order valence-electron chi connectivity index (χ1n) is 7.14. The molecule has 1 aliphatic rings. The number of carbonyl (C=O) groups excluding carboxylic acids is 1. The number of methoxy groups -OCH3 is 1. The normalized spacial score (nSPS) is 25.8. The molecule has 0 aliphatic carbocycles. The molecule has 0 spiro atoms. The van der Waals surface area contributed by atoms with E-state index in [0.717, 1.165) is 12.8 Å². The summed E-state index contributed by atoms with van der Waals surface area (Å²) in [7, 11) is 1.41. The quantitative estimate of drug-likeness (QED) is 0.243. The van der Waals surface area contributed by atoms with Gasteiger partial charge in [0.1, 0.15) is 5.54 Å². The van der Waals surface area contributed by atoms with Gasteiger partial charge in [0, 0.05) is 24.5 Å². The smallest absolute Gasteiger partial charge is 0.326 e. The fourth-order valence-corrected chi connectivity index (χ4v) is 2.59. The topological polar surface area (TPSA) is 96.3 Å². The van der Waals surface area contributed by atoms with E-state index in [1.165, 1.54) is 7.11 Å². The molecule has 0 saturated carbocycles. The van der Waals surface area contributed by atoms with Gasteiger partial charge in [-0.15, -0.1) is 0 Å². The molecule has 0 radical (unpaired) electrons. The number of azide groups is 1. The molecule has 1 aliphatic heterocycles. The van der Waals surface area contributed by atoms with E-state index in [1.54, 1.807) is 0 Å². The molecule has 1 saturated heterocycles. The Balaban J connectivity index is 2.61. The van der Waals surface area contributed by atoms with Crippen LogP contribution >= 0.6 is 0 Å². The molecule has 114 valence electrons. The monoisotopic (exact) mass is 284 g/mol. The minimum Gasteiger partial charge on any atom is -0.468 e. The first kappa shape index (κ1) is 16.8. The lowest BCUT2D eigenvalue weighted by Gasteiger charge is -2.39. The largest absolute Gasteiger partial charge is 0.468 e. The van der Waals surface area contributed by atoms with Gasteiger partial charge in [0.25, 0.3) is 0 Å². The maximum Gasteiger partial charge on any atom is 0.326 e. The molecule has 1 rings (SSSR count). The van der Waals surface area contributed by atoms with Gasteiger partial charge in [-0.1, -0.05) is 18.5 Å². The number of hydrogen-bond donors (Lipinski definition) is 1. The third-order valence-electron chi connectivity index (χ3n) is 3.61. The Morgan fingerprint density at radius 2 is 2.45 bits per heavy atom. The SMILES string of the molecule is CCCC1CC(NCCCN=[N+]=[N-])(C(=O)OC)CCO1. The van der Waals surface area contributed by atoms with Crippen LogP contribution in [0.15, 0.2) is 5.11 Å². The molecule has 0 aromatic rings. The zero-order valence-corrected chi connectivity index (χ0v) is 12.3. The molecule has 2 atom stereocenters. The fourth-order valence-electron chi connectivity index (χ4n) is 2.59. The second-order valence-electron chi connectivity index (χ2n) is 5.04. The van der Waals surface area contributed by atoms with E-state index < -0.39 is 5.54 Å². The van der Waals surface area contributed by atoms with Gasteiger partial charge in [-0.05, 0) is 31.3 Å². The highest BCUT2D eigenvalue weighted by Crippen LogP contribution is 2.28. The second-order valence-corrected chi connectivity index (χ2v) is 5.04. The van der Waals surface area contributed by atoms with Crippen molar-refractivity contribution in [3.05, 3.63) is 10.4 Å². The average Bonchev–Trinajstić information content (AvgIpc) is 2.47. The first-order chi connectivity index (χ1) is 9.68. The molecule has 0 aromatic carbocycles. The van der Waals surface area contributed by atoms with Crippen molar-refractivity contribution in [3.63, 3.8) is 0 Å². The molecule has 7 heteroatoms. The summed E-state index contributed by atoms with van der Waals surface area (Å²) in [4.78, 5) is 14.8.